The molecule has 1 aromatic carbocycles. The molecule has 0 aliphatic heterocycles. The largest absolute Gasteiger partial charge is 0.465 e. The summed E-state index contributed by atoms with van der Waals surface area (Å²) in [5.41, 5.74) is 2.75. The number of halogens is 2. The molecule has 6 heteroatoms. The number of carbonyl (C=O) groups excluding carboxylic acids is 2. The van der Waals surface area contributed by atoms with Gasteiger partial charge >= 0.3 is 11.9 Å². The number of carbonyl (C=O) groups is 2. The number of hydrogen-bond donors (Lipinski definition) is 0. The van der Waals surface area contributed by atoms with Gasteiger partial charge in [0.1, 0.15) is 0 Å². The van der Waals surface area contributed by atoms with Crippen molar-refractivity contribution in [2.45, 2.75) is 18.3 Å². The zero-order valence-electron chi connectivity index (χ0n) is 11.4. The fourth-order valence-corrected chi connectivity index (χ4v) is 4.77. The summed E-state index contributed by atoms with van der Waals surface area (Å²) in [4.78, 5) is 23.9. The van der Waals surface area contributed by atoms with Gasteiger partial charge in [-0.25, -0.2) is 9.59 Å². The summed E-state index contributed by atoms with van der Waals surface area (Å²) >= 11 is 5.97. The number of benzene rings is 1. The minimum atomic E-state index is -0.518. The van der Waals surface area contributed by atoms with Gasteiger partial charge in [0.2, 0.25) is 0 Å². The fraction of sp³-hybridized carbons (Fsp3) is 0.333. The molecule has 4 nitrogen and oxygen atoms in total. The van der Waals surface area contributed by atoms with Gasteiger partial charge in [-0.2, -0.15) is 0 Å². The second-order valence-corrected chi connectivity index (χ2v) is 7.06. The molecule has 2 aliphatic carbocycles. The van der Waals surface area contributed by atoms with Crippen LogP contribution < -0.4 is 0 Å². The van der Waals surface area contributed by atoms with E-state index in [9.17, 15) is 9.59 Å². The van der Waals surface area contributed by atoms with Gasteiger partial charge in [0, 0.05) is 19.9 Å². The summed E-state index contributed by atoms with van der Waals surface area (Å²) in [6.45, 7) is 0. The molecule has 0 aromatic heterocycles. The Morgan fingerprint density at radius 3 is 2.05 bits per heavy atom. The number of methoxy groups -OCH3 is 2. The lowest BCUT2D eigenvalue weighted by Crippen LogP contribution is -2.14. The molecular weight excluding hydrogens is 451 g/mol. The third kappa shape index (κ3) is 2.14. The molecule has 2 atom stereocenters. The smallest absolute Gasteiger partial charge is 0.338 e. The Kier molecular flexibility index (Phi) is 3.85. The van der Waals surface area contributed by atoms with E-state index in [-0.39, 0.29) is 17.0 Å². The van der Waals surface area contributed by atoms with Gasteiger partial charge in [-0.1, -0.05) is 15.9 Å². The minimum Gasteiger partial charge on any atom is -0.465 e. The molecule has 0 saturated heterocycles. The molecule has 110 valence electrons. The van der Waals surface area contributed by atoms with Crippen LogP contribution in [-0.2, 0) is 9.47 Å². The van der Waals surface area contributed by atoms with Crippen molar-refractivity contribution in [3.05, 3.63) is 42.4 Å². The van der Waals surface area contributed by atoms with E-state index in [1.54, 1.807) is 12.1 Å². The first kappa shape index (κ1) is 15.0. The Morgan fingerprint density at radius 2 is 1.57 bits per heavy atom. The van der Waals surface area contributed by atoms with Crippen LogP contribution >= 0.6 is 38.5 Å². The van der Waals surface area contributed by atoms with Crippen LogP contribution in [-0.4, -0.2) is 26.2 Å². The summed E-state index contributed by atoms with van der Waals surface area (Å²) in [6.07, 6.45) is 0.986. The number of allylic oxidation sites excluding steroid dienone is 2. The highest BCUT2D eigenvalue weighted by atomic mass is 127. The summed E-state index contributed by atoms with van der Waals surface area (Å²) in [5.74, 6) is -0.461. The van der Waals surface area contributed by atoms with Gasteiger partial charge in [0.15, 0.2) is 0 Å². The van der Waals surface area contributed by atoms with E-state index in [4.69, 9.17) is 9.47 Å². The molecule has 3 rings (SSSR count). The highest BCUT2D eigenvalue weighted by Crippen LogP contribution is 2.60. The zero-order chi connectivity index (χ0) is 15.3. The van der Waals surface area contributed by atoms with Crippen LogP contribution in [0.1, 0.15) is 50.1 Å². The predicted octanol–water partition coefficient (Wildman–Crippen LogP) is 3.89. The summed E-state index contributed by atoms with van der Waals surface area (Å²) in [5, 5.41) is 0. The molecule has 0 saturated carbocycles. The van der Waals surface area contributed by atoms with E-state index in [2.05, 4.69) is 38.5 Å². The van der Waals surface area contributed by atoms with Crippen LogP contribution in [0.2, 0.25) is 0 Å². The van der Waals surface area contributed by atoms with E-state index >= 15 is 0 Å². The average molecular weight is 463 g/mol. The molecule has 2 aliphatic rings. The Bertz CT molecular complexity index is 638. The van der Waals surface area contributed by atoms with E-state index < -0.39 is 11.9 Å². The first-order valence-electron chi connectivity index (χ1n) is 6.39. The van der Waals surface area contributed by atoms with Crippen molar-refractivity contribution in [2.75, 3.05) is 14.2 Å². The topological polar surface area (TPSA) is 52.6 Å². The van der Waals surface area contributed by atoms with Crippen molar-refractivity contribution < 1.29 is 19.1 Å². The maximum absolute atomic E-state index is 12.0. The summed E-state index contributed by atoms with van der Waals surface area (Å²) in [6, 6.07) is 3.57. The van der Waals surface area contributed by atoms with Gasteiger partial charge in [-0.3, -0.25) is 0 Å². The van der Waals surface area contributed by atoms with Crippen LogP contribution in [0.5, 0.6) is 0 Å². The quantitative estimate of drug-likeness (QED) is 0.494. The first-order chi connectivity index (χ1) is 9.99. The van der Waals surface area contributed by atoms with Gasteiger partial charge < -0.3 is 9.47 Å². The first-order valence-corrected chi connectivity index (χ1v) is 8.26. The maximum Gasteiger partial charge on any atom is 0.338 e. The molecular formula is C15H12BrIO4. The second kappa shape index (κ2) is 5.39. The van der Waals surface area contributed by atoms with Gasteiger partial charge in [0.05, 0.1) is 25.3 Å². The van der Waals surface area contributed by atoms with E-state index in [0.717, 1.165) is 17.5 Å². The third-order valence-electron chi connectivity index (χ3n) is 4.10. The van der Waals surface area contributed by atoms with Crippen LogP contribution in [0.4, 0.5) is 0 Å². The molecule has 0 amide bonds. The van der Waals surface area contributed by atoms with Crippen molar-refractivity contribution in [1.29, 1.82) is 0 Å². The number of esters is 2. The van der Waals surface area contributed by atoms with Crippen LogP contribution in [0, 0.1) is 0 Å². The average Bonchev–Trinajstić information content (AvgIpc) is 3.01. The maximum atomic E-state index is 12.0. The van der Waals surface area contributed by atoms with E-state index in [1.165, 1.54) is 22.3 Å². The summed E-state index contributed by atoms with van der Waals surface area (Å²) < 4.78 is 12.0. The summed E-state index contributed by atoms with van der Waals surface area (Å²) in [7, 11) is 2.62. The Labute approximate surface area is 144 Å². The number of ether oxygens (including phenoxy) is 2. The number of fused-ring (bicyclic) bond motifs is 5. The normalized spacial score (nSPS) is 22.3. The number of hydrogen-bond acceptors (Lipinski definition) is 4. The van der Waals surface area contributed by atoms with Crippen LogP contribution in [0.25, 0.3) is 0 Å². The lowest BCUT2D eigenvalue weighted by atomic mass is 9.91. The second-order valence-electron chi connectivity index (χ2n) is 5.05. The standard InChI is InChI=1S/C15H12BrIO4/c1-20-14(18)10-3-6-7(4-11(10)15(19)21-2)9-5-8(6)12(16)13(9)17/h3-4,8-9H,5H2,1-2H3/t8-,9+/m0/s1. The van der Waals surface area contributed by atoms with Crippen molar-refractivity contribution in [1.82, 2.24) is 0 Å². The van der Waals surface area contributed by atoms with Gasteiger partial charge in [0.25, 0.3) is 0 Å². The lowest BCUT2D eigenvalue weighted by Gasteiger charge is -2.19. The molecule has 0 heterocycles. The van der Waals surface area contributed by atoms with Crippen molar-refractivity contribution in [2.24, 2.45) is 0 Å². The molecule has 0 radical (unpaired) electrons. The highest BCUT2D eigenvalue weighted by molar-refractivity contribution is 14.1. The molecule has 0 unspecified atom stereocenters. The Balaban J connectivity index is 2.19. The predicted molar refractivity (Wildman–Crippen MR) is 89.2 cm³/mol. The number of rotatable bonds is 2. The molecule has 21 heavy (non-hydrogen) atoms. The molecule has 1 aromatic rings. The molecule has 0 fully saturated rings. The van der Waals surface area contributed by atoms with Gasteiger partial charge in [-0.05, 0) is 52.3 Å². The van der Waals surface area contributed by atoms with Crippen LogP contribution in [0.15, 0.2) is 20.2 Å². The van der Waals surface area contributed by atoms with Crippen LogP contribution in [0.3, 0.4) is 0 Å². The monoisotopic (exact) mass is 462 g/mol. The SMILES string of the molecule is COC(=O)c1cc2c(cc1C(=O)OC)[C@H]1C[C@@H]2C(Br)=C1I. The zero-order valence-corrected chi connectivity index (χ0v) is 15.1. The van der Waals surface area contributed by atoms with Crippen molar-refractivity contribution in [3.63, 3.8) is 0 Å². The Morgan fingerprint density at radius 1 is 1.10 bits per heavy atom. The highest BCUT2D eigenvalue weighted by Gasteiger charge is 2.43. The van der Waals surface area contributed by atoms with E-state index in [0.29, 0.717) is 5.92 Å². The van der Waals surface area contributed by atoms with Gasteiger partial charge in [-0.15, -0.1) is 0 Å². The molecule has 2 bridgehead atoms. The molecule has 0 spiro atoms. The third-order valence-corrected chi connectivity index (χ3v) is 7.15. The minimum absolute atomic E-state index is 0.269. The molecule has 0 N–H and O–H groups in total. The van der Waals surface area contributed by atoms with E-state index in [1.807, 2.05) is 0 Å². The van der Waals surface area contributed by atoms with Crippen molar-refractivity contribution in [3.8, 4) is 0 Å². The van der Waals surface area contributed by atoms with Crippen molar-refractivity contribution >= 4 is 50.5 Å². The fourth-order valence-electron chi connectivity index (χ4n) is 3.10. The lowest BCUT2D eigenvalue weighted by molar-refractivity contribution is 0.0555. The Hall–Kier alpha value is -0.890.